The molecule has 0 bridgehead atoms. The molecule has 1 aliphatic carbocycles. The van der Waals surface area contributed by atoms with Crippen LogP contribution in [0.3, 0.4) is 0 Å². The molecule has 1 unspecified atom stereocenters. The van der Waals surface area contributed by atoms with Crippen molar-refractivity contribution in [2.75, 3.05) is 26.2 Å². The predicted octanol–water partition coefficient (Wildman–Crippen LogP) is 7.49. The Morgan fingerprint density at radius 2 is 1.31 bits per heavy atom. The molecule has 1 saturated heterocycles. The molecule has 0 aromatic heterocycles. The maximum absolute atomic E-state index is 13.6. The van der Waals surface area contributed by atoms with Gasteiger partial charge in [0, 0.05) is 38.3 Å². The second-order valence-electron chi connectivity index (χ2n) is 9.88. The molecule has 4 rings (SSSR count). The van der Waals surface area contributed by atoms with E-state index in [2.05, 4.69) is 9.80 Å². The smallest absolute Gasteiger partial charge is 0.298 e. The number of piperazine rings is 1. The Labute approximate surface area is 207 Å². The summed E-state index contributed by atoms with van der Waals surface area (Å²) in [5, 5.41) is 0. The van der Waals surface area contributed by atoms with Gasteiger partial charge in [-0.15, -0.1) is 0 Å². The summed E-state index contributed by atoms with van der Waals surface area (Å²) < 4.78 is 93.4. The molecule has 198 valence electrons. The Kier molecular flexibility index (Phi) is 8.29. The average Bonchev–Trinajstić information content (AvgIpc) is 2.85. The summed E-state index contributed by atoms with van der Waals surface area (Å²) in [4.78, 5) is 4.73. The number of halogens is 7. The van der Waals surface area contributed by atoms with Crippen LogP contribution in [0.15, 0.2) is 42.5 Å². The molecule has 2 nitrogen and oxygen atoms in total. The van der Waals surface area contributed by atoms with E-state index >= 15 is 0 Å². The van der Waals surface area contributed by atoms with Crippen LogP contribution in [0, 0.1) is 5.82 Å². The summed E-state index contributed by atoms with van der Waals surface area (Å²) in [6, 6.07) is 8.10. The van der Waals surface area contributed by atoms with Crippen molar-refractivity contribution in [2.45, 2.75) is 69.4 Å². The Bertz CT molecular complexity index is 954. The van der Waals surface area contributed by atoms with Gasteiger partial charge in [0.15, 0.2) is 0 Å². The minimum Gasteiger partial charge on any atom is -0.298 e. The topological polar surface area (TPSA) is 6.48 Å². The van der Waals surface area contributed by atoms with Crippen molar-refractivity contribution in [2.24, 2.45) is 0 Å². The summed E-state index contributed by atoms with van der Waals surface area (Å²) in [5.74, 6) is -0.396. The fourth-order valence-corrected chi connectivity index (χ4v) is 5.57. The van der Waals surface area contributed by atoms with E-state index in [1.807, 2.05) is 0 Å². The second-order valence-corrected chi connectivity index (χ2v) is 9.88. The van der Waals surface area contributed by atoms with Gasteiger partial charge >= 0.3 is 12.4 Å². The molecule has 36 heavy (non-hydrogen) atoms. The van der Waals surface area contributed by atoms with E-state index in [1.54, 1.807) is 12.1 Å². The van der Waals surface area contributed by atoms with Crippen molar-refractivity contribution in [3.05, 3.63) is 70.5 Å². The number of hydrogen-bond acceptors (Lipinski definition) is 2. The van der Waals surface area contributed by atoms with E-state index < -0.39 is 29.3 Å². The lowest BCUT2D eigenvalue weighted by atomic mass is 9.93. The van der Waals surface area contributed by atoms with Gasteiger partial charge in [-0.1, -0.05) is 31.4 Å². The highest BCUT2D eigenvalue weighted by Gasteiger charge is 2.37. The van der Waals surface area contributed by atoms with Crippen LogP contribution in [0.4, 0.5) is 30.7 Å². The molecular weight excluding hydrogens is 485 g/mol. The fourth-order valence-electron chi connectivity index (χ4n) is 5.57. The van der Waals surface area contributed by atoms with Crippen LogP contribution in [0.1, 0.15) is 66.8 Å². The van der Waals surface area contributed by atoms with Crippen molar-refractivity contribution >= 4 is 0 Å². The molecule has 2 aromatic carbocycles. The van der Waals surface area contributed by atoms with Gasteiger partial charge in [0.2, 0.25) is 0 Å². The molecule has 1 atom stereocenters. The summed E-state index contributed by atoms with van der Waals surface area (Å²) in [6.07, 6.45) is -3.25. The number of alkyl halides is 6. The third-order valence-corrected chi connectivity index (χ3v) is 7.49. The molecule has 0 amide bonds. The Hall–Kier alpha value is -2.13. The van der Waals surface area contributed by atoms with Crippen molar-refractivity contribution in [1.82, 2.24) is 9.80 Å². The van der Waals surface area contributed by atoms with Crippen molar-refractivity contribution in [3.63, 3.8) is 0 Å². The Balaban J connectivity index is 1.52. The van der Waals surface area contributed by atoms with Gasteiger partial charge in [0.25, 0.3) is 0 Å². The first-order chi connectivity index (χ1) is 17.0. The van der Waals surface area contributed by atoms with E-state index in [-0.39, 0.29) is 24.1 Å². The van der Waals surface area contributed by atoms with Gasteiger partial charge < -0.3 is 0 Å². The molecular formula is C27H31F7N2. The molecule has 0 N–H and O–H groups in total. The number of hydrogen-bond donors (Lipinski definition) is 0. The number of rotatable bonds is 6. The normalized spacial score (nSPS) is 20.0. The highest BCUT2D eigenvalue weighted by atomic mass is 19.4. The Morgan fingerprint density at radius 1 is 0.750 bits per heavy atom. The van der Waals surface area contributed by atoms with Gasteiger partial charge in [0.1, 0.15) is 5.82 Å². The lowest BCUT2D eigenvalue weighted by Crippen LogP contribution is -2.51. The van der Waals surface area contributed by atoms with E-state index in [0.717, 1.165) is 43.9 Å². The van der Waals surface area contributed by atoms with Crippen LogP contribution in [-0.2, 0) is 18.8 Å². The molecule has 2 aliphatic rings. The van der Waals surface area contributed by atoms with Gasteiger partial charge in [-0.3, -0.25) is 9.80 Å². The highest BCUT2D eigenvalue weighted by molar-refractivity contribution is 5.34. The monoisotopic (exact) mass is 516 g/mol. The van der Waals surface area contributed by atoms with Crippen molar-refractivity contribution in [1.29, 1.82) is 0 Å². The third-order valence-electron chi connectivity index (χ3n) is 7.49. The van der Waals surface area contributed by atoms with Crippen LogP contribution < -0.4 is 0 Å². The maximum atomic E-state index is 13.6. The molecule has 1 aliphatic heterocycles. The maximum Gasteiger partial charge on any atom is 0.416 e. The first-order valence-corrected chi connectivity index (χ1v) is 12.5. The highest BCUT2D eigenvalue weighted by Crippen LogP contribution is 2.37. The van der Waals surface area contributed by atoms with E-state index in [9.17, 15) is 30.7 Å². The molecule has 1 heterocycles. The summed E-state index contributed by atoms with van der Waals surface area (Å²) in [5.41, 5.74) is -1.80. The second kappa shape index (κ2) is 11.1. The zero-order chi connectivity index (χ0) is 25.9. The third kappa shape index (κ3) is 6.79. The standard InChI is InChI=1S/C27H31F7N2/c28-23-9-7-20(8-10-23)25(36-14-12-35(13-15-36)24-4-2-1-3-5-24)11-6-19-16-21(26(29,30)31)18-22(17-19)27(32,33)34/h7-10,16-18,24-25H,1-6,11-15H2. The zero-order valence-corrected chi connectivity index (χ0v) is 20.0. The quantitative estimate of drug-likeness (QED) is 0.367. The molecule has 2 aromatic rings. The van der Waals surface area contributed by atoms with E-state index in [4.69, 9.17) is 0 Å². The molecule has 1 saturated carbocycles. The Morgan fingerprint density at radius 3 is 1.83 bits per heavy atom. The summed E-state index contributed by atoms with van der Waals surface area (Å²) >= 11 is 0. The predicted molar refractivity (Wildman–Crippen MR) is 124 cm³/mol. The number of aryl methyl sites for hydroxylation is 1. The van der Waals surface area contributed by atoms with E-state index in [1.165, 1.54) is 44.2 Å². The first-order valence-electron chi connectivity index (χ1n) is 12.5. The van der Waals surface area contributed by atoms with Gasteiger partial charge in [-0.05, 0) is 67.1 Å². The zero-order valence-electron chi connectivity index (χ0n) is 20.0. The van der Waals surface area contributed by atoms with Crippen LogP contribution in [0.5, 0.6) is 0 Å². The molecule has 2 fully saturated rings. The van der Waals surface area contributed by atoms with E-state index in [0.29, 0.717) is 12.5 Å². The van der Waals surface area contributed by atoms with Crippen molar-refractivity contribution in [3.8, 4) is 0 Å². The molecule has 0 spiro atoms. The van der Waals surface area contributed by atoms with Gasteiger partial charge in [0.05, 0.1) is 11.1 Å². The molecule has 0 radical (unpaired) electrons. The summed E-state index contributed by atoms with van der Waals surface area (Å²) in [6.45, 7) is 3.22. The van der Waals surface area contributed by atoms with Crippen LogP contribution in [-0.4, -0.2) is 42.0 Å². The van der Waals surface area contributed by atoms with Gasteiger partial charge in [-0.25, -0.2) is 4.39 Å². The largest absolute Gasteiger partial charge is 0.416 e. The first kappa shape index (κ1) is 26.9. The number of benzene rings is 2. The lowest BCUT2D eigenvalue weighted by Gasteiger charge is -2.43. The summed E-state index contributed by atoms with van der Waals surface area (Å²) in [7, 11) is 0. The molecule has 9 heteroatoms. The lowest BCUT2D eigenvalue weighted by molar-refractivity contribution is -0.143. The minimum atomic E-state index is -4.87. The van der Waals surface area contributed by atoms with Crippen molar-refractivity contribution < 1.29 is 30.7 Å². The van der Waals surface area contributed by atoms with Gasteiger partial charge in [-0.2, -0.15) is 26.3 Å². The fraction of sp³-hybridized carbons (Fsp3) is 0.556. The van der Waals surface area contributed by atoms with Crippen LogP contribution in [0.2, 0.25) is 0 Å². The van der Waals surface area contributed by atoms with Crippen LogP contribution >= 0.6 is 0 Å². The average molecular weight is 517 g/mol. The van der Waals surface area contributed by atoms with Crippen LogP contribution in [0.25, 0.3) is 0 Å². The number of nitrogens with zero attached hydrogens (tertiary/aromatic N) is 2. The minimum absolute atomic E-state index is 0.00916. The SMILES string of the molecule is Fc1ccc(C(CCc2cc(C(F)(F)F)cc(C(F)(F)F)c2)N2CCN(C3CCCCC3)CC2)cc1.